The topological polar surface area (TPSA) is 52.1 Å². The van der Waals surface area contributed by atoms with E-state index in [1.807, 2.05) is 7.05 Å². The highest BCUT2D eigenvalue weighted by Gasteiger charge is 2.27. The van der Waals surface area contributed by atoms with Gasteiger partial charge in [-0.3, -0.25) is 14.8 Å². The highest BCUT2D eigenvalue weighted by Crippen LogP contribution is 2.19. The lowest BCUT2D eigenvalue weighted by Crippen LogP contribution is -2.55. The summed E-state index contributed by atoms with van der Waals surface area (Å²) in [4.78, 5) is 9.50. The molecule has 2 saturated heterocycles. The van der Waals surface area contributed by atoms with E-state index in [4.69, 9.17) is 4.74 Å². The molecule has 2 aliphatic rings. The Balaban J connectivity index is 0.00000338. The molecule has 0 amide bonds. The van der Waals surface area contributed by atoms with Crippen molar-refractivity contribution in [2.24, 2.45) is 10.9 Å². The molecule has 0 bridgehead atoms. The van der Waals surface area contributed by atoms with Crippen LogP contribution in [0.2, 0.25) is 0 Å². The lowest BCUT2D eigenvalue weighted by molar-refractivity contribution is 0.0320. The van der Waals surface area contributed by atoms with Gasteiger partial charge in [-0.2, -0.15) is 0 Å². The Kier molecular flexibility index (Phi) is 11.4. The van der Waals surface area contributed by atoms with Gasteiger partial charge in [-0.25, -0.2) is 0 Å². The zero-order valence-corrected chi connectivity index (χ0v) is 19.6. The van der Waals surface area contributed by atoms with Crippen molar-refractivity contribution in [3.63, 3.8) is 0 Å². The zero-order chi connectivity index (χ0) is 18.1. The van der Waals surface area contributed by atoms with Crippen LogP contribution in [0, 0.1) is 5.92 Å². The molecule has 0 saturated carbocycles. The average Bonchev–Trinajstić information content (AvgIpc) is 2.63. The molecule has 0 aromatic rings. The quantitative estimate of drug-likeness (QED) is 0.331. The molecule has 0 spiro atoms. The Morgan fingerprint density at radius 1 is 1.08 bits per heavy atom. The molecule has 6 nitrogen and oxygen atoms in total. The van der Waals surface area contributed by atoms with Gasteiger partial charge in [0, 0.05) is 45.3 Å². The molecular weight excluding hydrogens is 441 g/mol. The second-order valence-electron chi connectivity index (χ2n) is 8.18. The summed E-state index contributed by atoms with van der Waals surface area (Å²) in [7, 11) is 1.86. The fourth-order valence-electron chi connectivity index (χ4n) is 3.69. The van der Waals surface area contributed by atoms with E-state index in [0.717, 1.165) is 51.9 Å². The number of hydrogen-bond donors (Lipinski definition) is 2. The van der Waals surface area contributed by atoms with E-state index in [1.54, 1.807) is 0 Å². The van der Waals surface area contributed by atoms with Crippen molar-refractivity contribution in [2.45, 2.75) is 45.6 Å². The van der Waals surface area contributed by atoms with E-state index < -0.39 is 0 Å². The van der Waals surface area contributed by atoms with Gasteiger partial charge in [-0.15, -0.1) is 24.0 Å². The minimum atomic E-state index is 0. The second kappa shape index (κ2) is 12.4. The van der Waals surface area contributed by atoms with Gasteiger partial charge in [0.05, 0.1) is 13.2 Å². The molecule has 0 aromatic heterocycles. The normalized spacial score (nSPS) is 21.8. The number of likely N-dealkylation sites (tertiary alicyclic amines) is 1. The van der Waals surface area contributed by atoms with Gasteiger partial charge in [0.15, 0.2) is 5.96 Å². The summed E-state index contributed by atoms with van der Waals surface area (Å²) in [5.41, 5.74) is 0.164. The number of nitrogens with zero attached hydrogens (tertiary/aromatic N) is 3. The number of ether oxygens (including phenoxy) is 1. The highest BCUT2D eigenvalue weighted by atomic mass is 127. The molecule has 7 heteroatoms. The number of aliphatic imine (C=N–C) groups is 1. The molecule has 154 valence electrons. The summed E-state index contributed by atoms with van der Waals surface area (Å²) < 4.78 is 5.42. The summed E-state index contributed by atoms with van der Waals surface area (Å²) in [6.07, 6.45) is 4.04. The van der Waals surface area contributed by atoms with E-state index in [-0.39, 0.29) is 29.5 Å². The minimum Gasteiger partial charge on any atom is -0.379 e. The van der Waals surface area contributed by atoms with Crippen LogP contribution in [0.4, 0.5) is 0 Å². The molecule has 2 heterocycles. The molecule has 0 aromatic carbocycles. The smallest absolute Gasteiger partial charge is 0.191 e. The Labute approximate surface area is 177 Å². The van der Waals surface area contributed by atoms with Crippen LogP contribution in [-0.2, 0) is 4.74 Å². The van der Waals surface area contributed by atoms with E-state index in [1.165, 1.54) is 32.4 Å². The van der Waals surface area contributed by atoms with Crippen LogP contribution in [0.3, 0.4) is 0 Å². The lowest BCUT2D eigenvalue weighted by Gasteiger charge is -2.41. The maximum absolute atomic E-state index is 5.42. The highest BCUT2D eigenvalue weighted by molar-refractivity contribution is 14.0. The largest absolute Gasteiger partial charge is 0.379 e. The molecule has 26 heavy (non-hydrogen) atoms. The van der Waals surface area contributed by atoms with Gasteiger partial charge in [0.2, 0.25) is 0 Å². The van der Waals surface area contributed by atoms with Gasteiger partial charge in [-0.1, -0.05) is 13.3 Å². The monoisotopic (exact) mass is 481 g/mol. The fraction of sp³-hybridized carbons (Fsp3) is 0.947. The first kappa shape index (κ1) is 23.9. The van der Waals surface area contributed by atoms with Crippen LogP contribution in [0.5, 0.6) is 0 Å². The van der Waals surface area contributed by atoms with E-state index in [2.05, 4.69) is 46.2 Å². The van der Waals surface area contributed by atoms with Gasteiger partial charge in [0.25, 0.3) is 0 Å². The molecule has 0 aliphatic carbocycles. The number of morpholine rings is 1. The summed E-state index contributed by atoms with van der Waals surface area (Å²) in [5, 5.41) is 7.03. The van der Waals surface area contributed by atoms with Crippen LogP contribution in [0.1, 0.15) is 40.0 Å². The third-order valence-corrected chi connectivity index (χ3v) is 5.42. The Morgan fingerprint density at radius 2 is 1.73 bits per heavy atom. The van der Waals surface area contributed by atoms with E-state index in [9.17, 15) is 0 Å². The third kappa shape index (κ3) is 8.27. The number of hydrogen-bond acceptors (Lipinski definition) is 4. The maximum atomic E-state index is 5.42. The van der Waals surface area contributed by atoms with Gasteiger partial charge >= 0.3 is 0 Å². The Morgan fingerprint density at radius 3 is 2.35 bits per heavy atom. The second-order valence-corrected chi connectivity index (χ2v) is 8.18. The molecule has 2 rings (SSSR count). The van der Waals surface area contributed by atoms with Gasteiger partial charge in [-0.05, 0) is 45.7 Å². The first-order chi connectivity index (χ1) is 12.0. The van der Waals surface area contributed by atoms with Crippen molar-refractivity contribution in [2.75, 3.05) is 66.1 Å². The average molecular weight is 481 g/mol. The molecule has 1 unspecified atom stereocenters. The number of rotatable bonds is 7. The predicted octanol–water partition coefficient (Wildman–Crippen LogP) is 2.00. The van der Waals surface area contributed by atoms with Crippen molar-refractivity contribution < 1.29 is 4.74 Å². The van der Waals surface area contributed by atoms with Crippen LogP contribution < -0.4 is 10.6 Å². The summed E-state index contributed by atoms with van der Waals surface area (Å²) in [6.45, 7) is 16.2. The zero-order valence-electron chi connectivity index (χ0n) is 17.2. The van der Waals surface area contributed by atoms with Crippen LogP contribution in [0.25, 0.3) is 0 Å². The maximum Gasteiger partial charge on any atom is 0.191 e. The Hall–Kier alpha value is -0.120. The molecule has 2 fully saturated rings. The molecule has 0 radical (unpaired) electrons. The van der Waals surface area contributed by atoms with Crippen LogP contribution in [-0.4, -0.2) is 87.4 Å². The number of halogens is 1. The predicted molar refractivity (Wildman–Crippen MR) is 121 cm³/mol. The first-order valence-electron chi connectivity index (χ1n) is 10.0. The molecular formula is C19H40IN5O. The van der Waals surface area contributed by atoms with Crippen molar-refractivity contribution in [1.82, 2.24) is 20.4 Å². The van der Waals surface area contributed by atoms with Crippen molar-refractivity contribution in [1.29, 1.82) is 0 Å². The van der Waals surface area contributed by atoms with E-state index >= 15 is 0 Å². The summed E-state index contributed by atoms with van der Waals surface area (Å²) in [6, 6.07) is 0. The fourth-order valence-corrected chi connectivity index (χ4v) is 3.69. The first-order valence-corrected chi connectivity index (χ1v) is 10.0. The van der Waals surface area contributed by atoms with Crippen molar-refractivity contribution in [3.05, 3.63) is 0 Å². The number of piperidine rings is 1. The minimum absolute atomic E-state index is 0. The number of nitrogens with one attached hydrogen (secondary N) is 2. The summed E-state index contributed by atoms with van der Waals surface area (Å²) >= 11 is 0. The van der Waals surface area contributed by atoms with Gasteiger partial charge in [0.1, 0.15) is 0 Å². The molecule has 2 N–H and O–H groups in total. The van der Waals surface area contributed by atoms with Crippen molar-refractivity contribution in [3.8, 4) is 0 Å². The van der Waals surface area contributed by atoms with Crippen molar-refractivity contribution >= 4 is 29.9 Å². The SMILES string of the molecule is CN=C(NCC(C)CN1CCOCC1)NCC(C)(C)N1CCCCC1.I. The number of guanidine groups is 1. The Bertz CT molecular complexity index is 407. The van der Waals surface area contributed by atoms with Crippen LogP contribution in [0.15, 0.2) is 4.99 Å². The molecule has 1 atom stereocenters. The standard InChI is InChI=1S/C19H39N5O.HI/c1-17(15-23-10-12-25-13-11-23)14-21-18(20-4)22-16-19(2,3)24-8-6-5-7-9-24;/h17H,5-16H2,1-4H3,(H2,20,21,22);1H. The van der Waals surface area contributed by atoms with E-state index in [0.29, 0.717) is 5.92 Å². The summed E-state index contributed by atoms with van der Waals surface area (Å²) in [5.74, 6) is 1.51. The third-order valence-electron chi connectivity index (χ3n) is 5.42. The van der Waals surface area contributed by atoms with Gasteiger partial charge < -0.3 is 15.4 Å². The van der Waals surface area contributed by atoms with Crippen LogP contribution >= 0.6 is 24.0 Å². The molecule has 2 aliphatic heterocycles. The lowest BCUT2D eigenvalue weighted by atomic mass is 9.98.